The predicted molar refractivity (Wildman–Crippen MR) is 253 cm³/mol. The highest BCUT2D eigenvalue weighted by atomic mass is 28.5. The van der Waals surface area contributed by atoms with Gasteiger partial charge in [-0.2, -0.15) is 42.1 Å². The Morgan fingerprint density at radius 2 is 0.531 bits per heavy atom. The van der Waals surface area contributed by atoms with Gasteiger partial charge in [-0.05, 0) is 149 Å². The van der Waals surface area contributed by atoms with E-state index in [4.69, 9.17) is 58.6 Å². The van der Waals surface area contributed by atoms with Gasteiger partial charge >= 0.3 is 34.2 Å². The largest absolute Gasteiger partial charge is 0.416 e. The minimum atomic E-state index is -3.01. The van der Waals surface area contributed by atoms with Gasteiger partial charge in [-0.1, -0.05) is 0 Å². The predicted octanol–water partition coefficient (Wildman–Crippen LogP) is 7.59. The summed E-state index contributed by atoms with van der Waals surface area (Å²) in [5.74, 6) is 0. The molecule has 0 amide bonds. The molecule has 64 heavy (non-hydrogen) atoms. The summed E-state index contributed by atoms with van der Waals surface area (Å²) in [7, 11) is -4.34. The van der Waals surface area contributed by atoms with E-state index in [9.17, 15) is 0 Å². The van der Waals surface area contributed by atoms with Crippen LogP contribution in [-0.2, 0) is 16.5 Å². The van der Waals surface area contributed by atoms with E-state index in [1.807, 2.05) is 121 Å². The highest BCUT2D eigenvalue weighted by Crippen LogP contribution is 2.39. The van der Waals surface area contributed by atoms with Crippen molar-refractivity contribution in [2.75, 3.05) is 54.4 Å². The van der Waals surface area contributed by atoms with Crippen molar-refractivity contribution < 1.29 is 16.5 Å². The molecule has 0 bridgehead atoms. The van der Waals surface area contributed by atoms with Crippen LogP contribution >= 0.6 is 0 Å². The number of nitriles is 8. The number of rotatable bonds is 24. The van der Waals surface area contributed by atoms with E-state index in [0.717, 1.165) is 25.7 Å². The zero-order valence-corrected chi connectivity index (χ0v) is 42.4. The van der Waals surface area contributed by atoms with E-state index >= 15 is 0 Å². The molecule has 0 atom stereocenters. The molecule has 0 saturated carbocycles. The second-order valence-electron chi connectivity index (χ2n) is 15.9. The lowest BCUT2D eigenvalue weighted by atomic mass is 10.3. The van der Waals surface area contributed by atoms with Crippen molar-refractivity contribution in [3.05, 3.63) is 95.7 Å². The molecule has 0 radical (unpaired) electrons. The van der Waals surface area contributed by atoms with Crippen molar-refractivity contribution in [1.29, 1.82) is 42.1 Å². The summed E-state index contributed by atoms with van der Waals surface area (Å²) in [5, 5.41) is 72.7. The van der Waals surface area contributed by atoms with Gasteiger partial charge < -0.3 is 36.1 Å². The average molecular weight is 933 g/mol. The third-order valence-electron chi connectivity index (χ3n) is 9.67. The van der Waals surface area contributed by atoms with Crippen molar-refractivity contribution in [1.82, 2.24) is 19.6 Å². The fourth-order valence-corrected chi connectivity index (χ4v) is 30.0. The van der Waals surface area contributed by atoms with Gasteiger partial charge in [-0.25, -0.2) is 0 Å². The molecule has 20 heteroatoms. The third-order valence-corrected chi connectivity index (χ3v) is 28.5. The molecule has 0 aliphatic carbocycles. The van der Waals surface area contributed by atoms with Crippen LogP contribution in [0.3, 0.4) is 0 Å². The molecule has 1 aliphatic rings. The Labute approximate surface area is 385 Å². The van der Waals surface area contributed by atoms with Crippen molar-refractivity contribution in [3.63, 3.8) is 0 Å². The van der Waals surface area contributed by atoms with Crippen LogP contribution in [0.4, 0.5) is 0 Å². The first-order valence-electron chi connectivity index (χ1n) is 20.7. The Morgan fingerprint density at radius 1 is 0.359 bits per heavy atom. The lowest BCUT2D eigenvalue weighted by molar-refractivity contribution is 0.218. The molecule has 1 aliphatic heterocycles. The monoisotopic (exact) mass is 932 g/mol. The molecule has 0 aromatic carbocycles. The maximum atomic E-state index is 9.09. The first-order valence-corrected chi connectivity index (χ1v) is 30.8. The molecule has 0 N–H and O–H groups in total. The van der Waals surface area contributed by atoms with Crippen LogP contribution in [0.5, 0.6) is 0 Å². The van der Waals surface area contributed by atoms with Gasteiger partial charge in [0, 0.05) is 54.4 Å². The molecule has 0 aromatic rings. The number of allylic oxidation sites excluding steroid dienone is 12. The van der Waals surface area contributed by atoms with Gasteiger partial charge in [0.2, 0.25) is 0 Å². The summed E-state index contributed by atoms with van der Waals surface area (Å²) >= 11 is 0. The van der Waals surface area contributed by atoms with Crippen molar-refractivity contribution in [2.24, 2.45) is 0 Å². The maximum Gasteiger partial charge on any atom is 0.317 e. The first-order chi connectivity index (χ1) is 30.4. The Balaban J connectivity index is 3.57. The molecule has 0 spiro atoms. The third kappa shape index (κ3) is 22.7. The van der Waals surface area contributed by atoms with E-state index in [1.165, 1.54) is 24.3 Å². The van der Waals surface area contributed by atoms with Gasteiger partial charge in [0.05, 0.1) is 0 Å². The highest BCUT2D eigenvalue weighted by molar-refractivity contribution is 6.93. The Morgan fingerprint density at radius 3 is 0.688 bits per heavy atom. The van der Waals surface area contributed by atoms with E-state index in [-0.39, 0.29) is 22.3 Å². The summed E-state index contributed by atoms with van der Waals surface area (Å²) in [5.41, 5.74) is 0.0767. The van der Waals surface area contributed by atoms with Gasteiger partial charge in [0.25, 0.3) is 0 Å². The van der Waals surface area contributed by atoms with Gasteiger partial charge in [-0.3, -0.25) is 0 Å². The van der Waals surface area contributed by atoms with Crippen LogP contribution in [0.2, 0.25) is 50.4 Å². The summed E-state index contributed by atoms with van der Waals surface area (Å²) in [6, 6.07) is 17.5. The van der Waals surface area contributed by atoms with Crippen molar-refractivity contribution >= 4 is 34.2 Å². The molecule has 1 heterocycles. The summed E-state index contributed by atoms with van der Waals surface area (Å²) in [6.45, 7) is 11.1. The molecule has 336 valence electrons. The molecule has 1 saturated heterocycles. The molecule has 16 nitrogen and oxygen atoms in total. The molecule has 0 aromatic heterocycles. The number of hydrogen-bond acceptors (Lipinski definition) is 16. The Bertz CT molecular complexity index is 1790. The van der Waals surface area contributed by atoms with Crippen LogP contribution in [0.1, 0.15) is 25.7 Å². The molecule has 1 fully saturated rings. The first kappa shape index (κ1) is 55.8. The van der Waals surface area contributed by atoms with Crippen LogP contribution in [0, 0.1) is 90.6 Å². The average Bonchev–Trinajstić information content (AvgIpc) is 3.23. The molecular formula is C44H60N12O4Si4. The van der Waals surface area contributed by atoms with Crippen LogP contribution in [-0.4, -0.2) is 108 Å². The second-order valence-corrected chi connectivity index (χ2v) is 30.2. The number of nitrogens with zero attached hydrogens (tertiary/aromatic N) is 12. The molecule has 1 rings (SSSR count). The lowest BCUT2D eigenvalue weighted by Crippen LogP contribution is -2.67. The smallest absolute Gasteiger partial charge is 0.317 e. The van der Waals surface area contributed by atoms with Crippen molar-refractivity contribution in [2.45, 2.75) is 76.0 Å². The number of hydrogen-bond donors (Lipinski definition) is 0. The van der Waals surface area contributed by atoms with E-state index < -0.39 is 34.2 Å². The lowest BCUT2D eigenvalue weighted by Gasteiger charge is -2.50. The van der Waals surface area contributed by atoms with E-state index in [1.54, 1.807) is 24.3 Å². The molecule has 0 unspecified atom stereocenters. The van der Waals surface area contributed by atoms with Crippen LogP contribution < -0.4 is 0 Å². The van der Waals surface area contributed by atoms with E-state index in [0.29, 0.717) is 50.4 Å². The summed E-state index contributed by atoms with van der Waals surface area (Å²) < 4.78 is 29.5. The zero-order valence-electron chi connectivity index (χ0n) is 38.4. The standard InChI is InChI=1S/C44H60N12O4Si4/c1-53(21-9-17-41(33-45)34-46)25-13-29-61(5)57-62(6,30-14-26-54(2)22-10-18-42(35-47)36-48)59-64(8,32-16-28-56(4)24-12-20-44(39-51)40-52)60-63(7,58-61)31-15-27-55(3)23-11-19-43(37-49)38-50/h9-12,17-24H,13-16,25-32H2,1-8H3/b21-9+,22-10+,23-11+,24-12+. The summed E-state index contributed by atoms with van der Waals surface area (Å²) in [6.07, 6.45) is 22.9. The Hall–Kier alpha value is -6.25. The van der Waals surface area contributed by atoms with Gasteiger partial charge in [-0.15, -0.1) is 0 Å². The SMILES string of the molecule is CN(/C=C/C=C(C#N)C#N)CCC[Si]1(C)O[Si](C)(CCCN(C)/C=C/C=C(C#N)C#N)O[Si](C)(CCCN(C)/C=C/C=C(C#N)C#N)O[Si](C)(CCCN(C)/C=C/C=C(C#N)C#N)O1. The van der Waals surface area contributed by atoms with Gasteiger partial charge in [0.1, 0.15) is 70.8 Å². The quantitative estimate of drug-likeness (QED) is 0.0514. The van der Waals surface area contributed by atoms with Crippen LogP contribution in [0.15, 0.2) is 95.7 Å². The minimum absolute atomic E-state index is 0.0192. The van der Waals surface area contributed by atoms with Crippen molar-refractivity contribution in [3.8, 4) is 48.6 Å². The van der Waals surface area contributed by atoms with Gasteiger partial charge in [0.15, 0.2) is 0 Å². The topological polar surface area (TPSA) is 240 Å². The highest BCUT2D eigenvalue weighted by Gasteiger charge is 2.56. The molecular weight excluding hydrogens is 873 g/mol. The maximum absolute atomic E-state index is 9.09. The van der Waals surface area contributed by atoms with Crippen LogP contribution in [0.25, 0.3) is 0 Å². The Kier molecular flexibility index (Phi) is 25.4. The minimum Gasteiger partial charge on any atom is -0.416 e. The fourth-order valence-electron chi connectivity index (χ4n) is 6.76. The zero-order chi connectivity index (χ0) is 48.1. The fraction of sp³-hybridized carbons (Fsp3) is 0.455. The second kappa shape index (κ2) is 29.2. The summed E-state index contributed by atoms with van der Waals surface area (Å²) in [4.78, 5) is 7.97. The van der Waals surface area contributed by atoms with E-state index in [2.05, 4.69) is 26.2 Å². The normalized spacial score (nSPS) is 21.5.